The molecule has 1 N–H and O–H groups in total. The van der Waals surface area contributed by atoms with E-state index in [1.807, 2.05) is 6.20 Å². The van der Waals surface area contributed by atoms with Gasteiger partial charge in [0.2, 0.25) is 0 Å². The minimum atomic E-state index is 0.981. The van der Waals surface area contributed by atoms with Crippen molar-refractivity contribution in [2.45, 2.75) is 0 Å². The second-order valence-corrected chi connectivity index (χ2v) is 9.46. The van der Waals surface area contributed by atoms with E-state index in [0.717, 1.165) is 48.5 Å². The van der Waals surface area contributed by atoms with Crippen molar-refractivity contribution < 1.29 is 0 Å². The molecule has 4 heteroatoms. The number of anilines is 3. The van der Waals surface area contributed by atoms with Gasteiger partial charge in [0.1, 0.15) is 0 Å². The average Bonchev–Trinajstić information content (AvgIpc) is 2.94. The highest BCUT2D eigenvalue weighted by molar-refractivity contribution is 5.97. The number of fused-ring (bicyclic) bond motifs is 1. The van der Waals surface area contributed by atoms with Crippen LogP contribution in [0.4, 0.5) is 17.1 Å². The smallest absolute Gasteiger partial charge is 0.0723 e. The molecule has 0 atom stereocenters. The Hall–Kier alpha value is -4.15. The first kappa shape index (κ1) is 22.3. The minimum absolute atomic E-state index is 0.981. The molecule has 178 valence electrons. The van der Waals surface area contributed by atoms with E-state index in [9.17, 15) is 0 Å². The number of nitrogens with zero attached hydrogens (tertiary/aromatic N) is 3. The third-order valence-electron chi connectivity index (χ3n) is 7.08. The molecular formula is C32H30N4. The highest BCUT2D eigenvalue weighted by atomic mass is 15.2. The Morgan fingerprint density at radius 3 is 2.11 bits per heavy atom. The van der Waals surface area contributed by atoms with Crippen LogP contribution in [0.3, 0.4) is 0 Å². The summed E-state index contributed by atoms with van der Waals surface area (Å²) in [6.45, 7) is 4.37. The van der Waals surface area contributed by atoms with Crippen LogP contribution < -0.4 is 10.2 Å². The Morgan fingerprint density at radius 1 is 0.667 bits per heavy atom. The van der Waals surface area contributed by atoms with Crippen LogP contribution in [0, 0.1) is 0 Å². The van der Waals surface area contributed by atoms with Gasteiger partial charge in [0.05, 0.1) is 5.52 Å². The van der Waals surface area contributed by atoms with Crippen LogP contribution in [0.2, 0.25) is 0 Å². The van der Waals surface area contributed by atoms with E-state index in [2.05, 4.69) is 130 Å². The summed E-state index contributed by atoms with van der Waals surface area (Å²) in [6.07, 6.45) is 1.88. The van der Waals surface area contributed by atoms with E-state index in [1.165, 1.54) is 27.9 Å². The third kappa shape index (κ3) is 4.56. The number of likely N-dealkylation sites (N-methyl/N-ethyl adjacent to an activating group) is 1. The molecule has 1 aliphatic rings. The molecule has 1 fully saturated rings. The minimum Gasteiger partial charge on any atom is -0.369 e. The topological polar surface area (TPSA) is 31.4 Å². The van der Waals surface area contributed by atoms with Gasteiger partial charge in [0, 0.05) is 54.8 Å². The Morgan fingerprint density at radius 2 is 1.36 bits per heavy atom. The standard InChI is InChI=1S/C32H30N4/c1-35-19-21-36(22-20-35)27-14-12-26(13-15-27)34-32-17-18-33-31-16-11-25(23-30(31)32)29-10-6-5-9-28(29)24-7-3-2-4-8-24/h2-18,23H,19-22H2,1H3,(H,33,34). The molecule has 0 radical (unpaired) electrons. The van der Waals surface area contributed by atoms with Crippen molar-refractivity contribution in [2.75, 3.05) is 43.4 Å². The van der Waals surface area contributed by atoms with Crippen LogP contribution in [0.1, 0.15) is 0 Å². The van der Waals surface area contributed by atoms with Gasteiger partial charge in [-0.1, -0.05) is 60.7 Å². The molecule has 6 rings (SSSR count). The van der Waals surface area contributed by atoms with Gasteiger partial charge in [-0.15, -0.1) is 0 Å². The van der Waals surface area contributed by atoms with E-state index in [1.54, 1.807) is 0 Å². The quantitative estimate of drug-likeness (QED) is 0.298. The summed E-state index contributed by atoms with van der Waals surface area (Å²) in [5.74, 6) is 0. The van der Waals surface area contributed by atoms with Crippen LogP contribution in [-0.4, -0.2) is 43.1 Å². The van der Waals surface area contributed by atoms with Crippen molar-refractivity contribution in [3.05, 3.63) is 109 Å². The number of nitrogens with one attached hydrogen (secondary N) is 1. The fraction of sp³-hybridized carbons (Fsp3) is 0.156. The summed E-state index contributed by atoms with van der Waals surface area (Å²) in [7, 11) is 2.19. The van der Waals surface area contributed by atoms with Gasteiger partial charge in [-0.25, -0.2) is 0 Å². The van der Waals surface area contributed by atoms with Crippen LogP contribution in [0.25, 0.3) is 33.2 Å². The van der Waals surface area contributed by atoms with Gasteiger partial charge in [-0.05, 0) is 71.8 Å². The molecule has 5 aromatic rings. The SMILES string of the molecule is CN1CCN(c2ccc(Nc3ccnc4ccc(-c5ccccc5-c5ccccc5)cc34)cc2)CC1. The van der Waals surface area contributed by atoms with Gasteiger partial charge in [-0.3, -0.25) is 4.98 Å². The van der Waals surface area contributed by atoms with Crippen molar-refractivity contribution in [3.63, 3.8) is 0 Å². The lowest BCUT2D eigenvalue weighted by atomic mass is 9.94. The molecule has 1 aromatic heterocycles. The maximum atomic E-state index is 4.63. The zero-order chi connectivity index (χ0) is 24.3. The Balaban J connectivity index is 1.31. The summed E-state index contributed by atoms with van der Waals surface area (Å²) >= 11 is 0. The fourth-order valence-electron chi connectivity index (χ4n) is 5.00. The van der Waals surface area contributed by atoms with Crippen LogP contribution in [0.15, 0.2) is 109 Å². The van der Waals surface area contributed by atoms with Gasteiger partial charge in [-0.2, -0.15) is 0 Å². The highest BCUT2D eigenvalue weighted by Crippen LogP contribution is 2.35. The highest BCUT2D eigenvalue weighted by Gasteiger charge is 2.14. The molecule has 4 aromatic carbocycles. The first-order chi connectivity index (χ1) is 17.7. The number of rotatable bonds is 5. The third-order valence-corrected chi connectivity index (χ3v) is 7.08. The van der Waals surface area contributed by atoms with Crippen molar-refractivity contribution in [1.29, 1.82) is 0 Å². The lowest BCUT2D eigenvalue weighted by molar-refractivity contribution is 0.313. The van der Waals surface area contributed by atoms with Gasteiger partial charge in [0.25, 0.3) is 0 Å². The number of hydrogen-bond donors (Lipinski definition) is 1. The van der Waals surface area contributed by atoms with Gasteiger partial charge >= 0.3 is 0 Å². The van der Waals surface area contributed by atoms with Gasteiger partial charge in [0.15, 0.2) is 0 Å². The summed E-state index contributed by atoms with van der Waals surface area (Å²) in [6, 6.07) is 36.6. The van der Waals surface area contributed by atoms with Crippen molar-refractivity contribution in [2.24, 2.45) is 0 Å². The van der Waals surface area contributed by atoms with E-state index >= 15 is 0 Å². The Kier molecular flexibility index (Phi) is 6.10. The van der Waals surface area contributed by atoms with E-state index in [4.69, 9.17) is 0 Å². The molecule has 1 aliphatic heterocycles. The zero-order valence-electron chi connectivity index (χ0n) is 20.6. The first-order valence-corrected chi connectivity index (χ1v) is 12.6. The molecule has 36 heavy (non-hydrogen) atoms. The van der Waals surface area contributed by atoms with E-state index in [-0.39, 0.29) is 0 Å². The average molecular weight is 471 g/mol. The molecule has 0 amide bonds. The zero-order valence-corrected chi connectivity index (χ0v) is 20.6. The molecule has 0 aliphatic carbocycles. The molecule has 0 spiro atoms. The van der Waals surface area contributed by atoms with E-state index < -0.39 is 0 Å². The Labute approximate surface area is 212 Å². The molecular weight excluding hydrogens is 440 g/mol. The number of hydrogen-bond acceptors (Lipinski definition) is 4. The number of pyridine rings is 1. The maximum absolute atomic E-state index is 4.63. The normalized spacial score (nSPS) is 14.2. The predicted octanol–water partition coefficient (Wildman–Crippen LogP) is 7.06. The molecule has 0 bridgehead atoms. The molecule has 2 heterocycles. The molecule has 1 saturated heterocycles. The fourth-order valence-corrected chi connectivity index (χ4v) is 5.00. The van der Waals surface area contributed by atoms with E-state index in [0.29, 0.717) is 0 Å². The van der Waals surface area contributed by atoms with Crippen molar-refractivity contribution in [3.8, 4) is 22.3 Å². The summed E-state index contributed by atoms with van der Waals surface area (Å²) in [5.41, 5.74) is 9.26. The van der Waals surface area contributed by atoms with Gasteiger partial charge < -0.3 is 15.1 Å². The summed E-state index contributed by atoms with van der Waals surface area (Å²) in [5, 5.41) is 4.75. The van der Waals surface area contributed by atoms with Crippen molar-refractivity contribution >= 4 is 28.0 Å². The lowest BCUT2D eigenvalue weighted by Crippen LogP contribution is -2.44. The largest absolute Gasteiger partial charge is 0.369 e. The second kappa shape index (κ2) is 9.84. The van der Waals surface area contributed by atoms with Crippen LogP contribution in [0.5, 0.6) is 0 Å². The Bertz CT molecular complexity index is 1470. The predicted molar refractivity (Wildman–Crippen MR) is 152 cm³/mol. The summed E-state index contributed by atoms with van der Waals surface area (Å²) in [4.78, 5) is 9.47. The molecule has 4 nitrogen and oxygen atoms in total. The second-order valence-electron chi connectivity index (χ2n) is 9.46. The number of aromatic nitrogens is 1. The number of benzene rings is 4. The van der Waals surface area contributed by atoms with Crippen LogP contribution in [-0.2, 0) is 0 Å². The first-order valence-electron chi connectivity index (χ1n) is 12.6. The summed E-state index contributed by atoms with van der Waals surface area (Å²) < 4.78 is 0. The number of piperazine rings is 1. The monoisotopic (exact) mass is 470 g/mol. The van der Waals surface area contributed by atoms with Crippen LogP contribution >= 0.6 is 0 Å². The molecule has 0 unspecified atom stereocenters. The molecule has 0 saturated carbocycles. The maximum Gasteiger partial charge on any atom is 0.0723 e. The van der Waals surface area contributed by atoms with Crippen molar-refractivity contribution in [1.82, 2.24) is 9.88 Å². The lowest BCUT2D eigenvalue weighted by Gasteiger charge is -2.34.